The van der Waals surface area contributed by atoms with Gasteiger partial charge in [-0.15, -0.1) is 0 Å². The van der Waals surface area contributed by atoms with E-state index in [0.717, 1.165) is 40.2 Å². The summed E-state index contributed by atoms with van der Waals surface area (Å²) in [5, 5.41) is 0.928. The second-order valence-electron chi connectivity index (χ2n) is 5.04. The van der Waals surface area contributed by atoms with Gasteiger partial charge in [0.15, 0.2) is 0 Å². The molecule has 5 heteroatoms. The second-order valence-corrected chi connectivity index (χ2v) is 5.04. The van der Waals surface area contributed by atoms with Crippen LogP contribution in [0.15, 0.2) is 41.6 Å². The van der Waals surface area contributed by atoms with Crippen LogP contribution >= 0.6 is 0 Å². The van der Waals surface area contributed by atoms with E-state index in [-0.39, 0.29) is 0 Å². The molecule has 0 amide bonds. The zero-order valence-electron chi connectivity index (χ0n) is 15.8. The molecule has 134 valence electrons. The summed E-state index contributed by atoms with van der Waals surface area (Å²) in [7, 11) is 3.25. The van der Waals surface area contributed by atoms with E-state index >= 15 is 0 Å². The highest BCUT2D eigenvalue weighted by Gasteiger charge is 2.12. The number of rotatable bonds is 7. The molecule has 1 aromatic heterocycles. The van der Waals surface area contributed by atoms with Crippen molar-refractivity contribution < 1.29 is 9.47 Å². The van der Waals surface area contributed by atoms with Crippen molar-refractivity contribution in [2.45, 2.75) is 33.6 Å². The van der Waals surface area contributed by atoms with Crippen LogP contribution in [0.2, 0.25) is 0 Å². The molecule has 0 atom stereocenters. The van der Waals surface area contributed by atoms with Gasteiger partial charge in [-0.25, -0.2) is 9.97 Å². The van der Waals surface area contributed by atoms with Crippen LogP contribution in [0.4, 0.5) is 0 Å². The summed E-state index contributed by atoms with van der Waals surface area (Å²) in [6.07, 6.45) is 4.92. The maximum absolute atomic E-state index is 5.44. The molecule has 0 radical (unpaired) electrons. The van der Waals surface area contributed by atoms with E-state index in [1.165, 1.54) is 0 Å². The quantitative estimate of drug-likeness (QED) is 0.542. The number of fused-ring (bicyclic) bond motifs is 1. The molecule has 1 heterocycles. The number of hydrogen-bond donors (Lipinski definition) is 0. The van der Waals surface area contributed by atoms with Crippen LogP contribution in [0.5, 0.6) is 11.5 Å². The highest BCUT2D eigenvalue weighted by Crippen LogP contribution is 2.31. The third kappa shape index (κ3) is 5.14. The maximum Gasteiger partial charge on any atom is 0.148 e. The first-order valence-electron chi connectivity index (χ1n) is 8.29. The van der Waals surface area contributed by atoms with Gasteiger partial charge in [-0.05, 0) is 31.7 Å². The zero-order chi connectivity index (χ0) is 18.8. The lowest BCUT2D eigenvalue weighted by atomic mass is 10.1. The third-order valence-electron chi connectivity index (χ3n) is 3.59. The number of aryl methyl sites for hydroxylation is 2. The fraction of sp³-hybridized carbons (Fsp3) is 0.350. The molecule has 0 unspecified atom stereocenters. The van der Waals surface area contributed by atoms with Crippen molar-refractivity contribution in [3.63, 3.8) is 0 Å². The minimum absolute atomic E-state index is 0.679. The average Bonchev–Trinajstić information content (AvgIpc) is 2.66. The molecule has 0 bridgehead atoms. The number of ether oxygens (including phenoxy) is 2. The molecule has 0 saturated heterocycles. The van der Waals surface area contributed by atoms with Gasteiger partial charge in [-0.1, -0.05) is 26.5 Å². The first kappa shape index (κ1) is 20.4. The molecular formula is C20H27N3O2. The summed E-state index contributed by atoms with van der Waals surface area (Å²) in [5.41, 5.74) is 2.69. The topological polar surface area (TPSA) is 56.6 Å². The van der Waals surface area contributed by atoms with Gasteiger partial charge >= 0.3 is 0 Å². The molecule has 0 aliphatic carbocycles. The van der Waals surface area contributed by atoms with Crippen molar-refractivity contribution in [1.29, 1.82) is 0 Å². The minimum Gasteiger partial charge on any atom is -0.497 e. The third-order valence-corrected chi connectivity index (χ3v) is 3.59. The zero-order valence-corrected chi connectivity index (χ0v) is 15.8. The summed E-state index contributed by atoms with van der Waals surface area (Å²) >= 11 is 0. The van der Waals surface area contributed by atoms with Crippen LogP contribution in [0.3, 0.4) is 0 Å². The molecule has 2 aromatic rings. The van der Waals surface area contributed by atoms with E-state index in [1.54, 1.807) is 26.5 Å². The van der Waals surface area contributed by atoms with Gasteiger partial charge in [0, 0.05) is 29.8 Å². The standard InChI is InChI=1S/C18H21N3O2.C2H6/c1-6-13(11-19-3)7-8-17-20-12(2)15-9-14(22-4)10-16(23-5)18(15)21-17;1-2/h6,9-11H,1,3,7-8H2,2,4-5H3;1-2H3/b13-11+;. The van der Waals surface area contributed by atoms with E-state index < -0.39 is 0 Å². The molecule has 1 aromatic carbocycles. The lowest BCUT2D eigenvalue weighted by Crippen LogP contribution is -2.01. The predicted octanol–water partition coefficient (Wildman–Crippen LogP) is 4.68. The van der Waals surface area contributed by atoms with Crippen LogP contribution in [0.1, 0.15) is 31.8 Å². The highest BCUT2D eigenvalue weighted by atomic mass is 16.5. The Morgan fingerprint density at radius 3 is 2.48 bits per heavy atom. The Balaban J connectivity index is 0.00000151. The lowest BCUT2D eigenvalue weighted by molar-refractivity contribution is 0.397. The van der Waals surface area contributed by atoms with E-state index in [0.29, 0.717) is 12.2 Å². The van der Waals surface area contributed by atoms with Gasteiger partial charge in [0.2, 0.25) is 0 Å². The molecule has 0 spiro atoms. The van der Waals surface area contributed by atoms with Crippen molar-refractivity contribution in [2.75, 3.05) is 14.2 Å². The molecule has 0 fully saturated rings. The number of benzene rings is 1. The van der Waals surface area contributed by atoms with Gasteiger partial charge in [0.25, 0.3) is 0 Å². The highest BCUT2D eigenvalue weighted by molar-refractivity contribution is 5.88. The van der Waals surface area contributed by atoms with Crippen LogP contribution in [0, 0.1) is 6.92 Å². The number of aliphatic imine (C=N–C) groups is 1. The average molecular weight is 341 g/mol. The molecule has 5 nitrogen and oxygen atoms in total. The van der Waals surface area contributed by atoms with Crippen molar-refractivity contribution in [3.05, 3.63) is 48.1 Å². The van der Waals surface area contributed by atoms with Gasteiger partial charge < -0.3 is 9.47 Å². The fourth-order valence-electron chi connectivity index (χ4n) is 2.36. The summed E-state index contributed by atoms with van der Waals surface area (Å²) in [6.45, 7) is 13.2. The van der Waals surface area contributed by atoms with Gasteiger partial charge in [-0.2, -0.15) is 0 Å². The SMILES string of the molecule is C=C/C(=C\N=C)CCc1nc(C)c2cc(OC)cc(OC)c2n1.CC. The minimum atomic E-state index is 0.679. The van der Waals surface area contributed by atoms with Crippen molar-refractivity contribution in [3.8, 4) is 11.5 Å². The van der Waals surface area contributed by atoms with E-state index in [4.69, 9.17) is 9.47 Å². The summed E-state index contributed by atoms with van der Waals surface area (Å²) in [5.74, 6) is 2.16. The molecule has 25 heavy (non-hydrogen) atoms. The monoisotopic (exact) mass is 341 g/mol. The lowest BCUT2D eigenvalue weighted by Gasteiger charge is -2.11. The van der Waals surface area contributed by atoms with E-state index in [1.807, 2.05) is 32.9 Å². The van der Waals surface area contributed by atoms with Gasteiger partial charge in [0.1, 0.15) is 22.8 Å². The Bertz CT molecular complexity index is 767. The van der Waals surface area contributed by atoms with E-state index in [2.05, 4.69) is 28.3 Å². The van der Waals surface area contributed by atoms with Crippen molar-refractivity contribution in [2.24, 2.45) is 4.99 Å². The normalized spacial score (nSPS) is 10.7. The van der Waals surface area contributed by atoms with Crippen LogP contribution in [-0.4, -0.2) is 30.9 Å². The molecule has 2 rings (SSSR count). The molecule has 0 N–H and O–H groups in total. The van der Waals surface area contributed by atoms with Crippen LogP contribution < -0.4 is 9.47 Å². The maximum atomic E-state index is 5.44. The van der Waals surface area contributed by atoms with Gasteiger partial charge in [0.05, 0.1) is 14.2 Å². The Hall–Kier alpha value is -2.69. The first-order valence-corrected chi connectivity index (χ1v) is 8.29. The number of hydrogen-bond acceptors (Lipinski definition) is 5. The summed E-state index contributed by atoms with van der Waals surface area (Å²) < 4.78 is 10.7. The van der Waals surface area contributed by atoms with Gasteiger partial charge in [-0.3, -0.25) is 4.99 Å². The Morgan fingerprint density at radius 2 is 1.92 bits per heavy atom. The number of methoxy groups -OCH3 is 2. The predicted molar refractivity (Wildman–Crippen MR) is 105 cm³/mol. The smallest absolute Gasteiger partial charge is 0.148 e. The molecule has 0 saturated carbocycles. The van der Waals surface area contributed by atoms with Crippen molar-refractivity contribution in [1.82, 2.24) is 9.97 Å². The number of allylic oxidation sites excluding steroid dienone is 2. The first-order chi connectivity index (χ1) is 12.1. The Morgan fingerprint density at radius 1 is 1.20 bits per heavy atom. The van der Waals surface area contributed by atoms with Crippen molar-refractivity contribution >= 4 is 17.6 Å². The molecule has 0 aliphatic heterocycles. The molecular weight excluding hydrogens is 314 g/mol. The summed E-state index contributed by atoms with van der Waals surface area (Å²) in [6, 6.07) is 3.75. The largest absolute Gasteiger partial charge is 0.497 e. The van der Waals surface area contributed by atoms with E-state index in [9.17, 15) is 0 Å². The van der Waals surface area contributed by atoms with Crippen LogP contribution in [-0.2, 0) is 6.42 Å². The second kappa shape index (κ2) is 10.2. The Labute approximate surface area is 150 Å². The Kier molecular flexibility index (Phi) is 8.33. The van der Waals surface area contributed by atoms with Crippen LogP contribution in [0.25, 0.3) is 10.9 Å². The summed E-state index contributed by atoms with van der Waals surface area (Å²) in [4.78, 5) is 13.0. The molecule has 0 aliphatic rings. The number of nitrogens with zero attached hydrogens (tertiary/aromatic N) is 3. The fourth-order valence-corrected chi connectivity index (χ4v) is 2.36. The number of aromatic nitrogens is 2.